The van der Waals surface area contributed by atoms with Gasteiger partial charge in [-0.05, 0) is 18.6 Å². The Morgan fingerprint density at radius 2 is 2.26 bits per heavy atom. The van der Waals surface area contributed by atoms with Crippen LogP contribution in [0.1, 0.15) is 11.1 Å². The highest BCUT2D eigenvalue weighted by molar-refractivity contribution is 8.26. The lowest BCUT2D eigenvalue weighted by Crippen LogP contribution is -2.27. The van der Waals surface area contributed by atoms with Crippen LogP contribution in [0, 0.1) is 6.92 Å². The van der Waals surface area contributed by atoms with Crippen LogP contribution < -0.4 is 0 Å². The van der Waals surface area contributed by atoms with E-state index in [4.69, 9.17) is 12.2 Å². The van der Waals surface area contributed by atoms with Gasteiger partial charge in [0.25, 0.3) is 5.91 Å². The second-order valence-corrected chi connectivity index (χ2v) is 5.77. The molecule has 0 aliphatic carbocycles. The summed E-state index contributed by atoms with van der Waals surface area (Å²) in [4.78, 5) is 14.1. The number of hydrogen-bond donors (Lipinski definition) is 1. The van der Waals surface area contributed by atoms with E-state index >= 15 is 0 Å². The number of carbonyl (C=O) groups is 1. The molecule has 1 N–H and O–H groups in total. The zero-order chi connectivity index (χ0) is 14.0. The molecule has 1 fully saturated rings. The Labute approximate surface area is 121 Å². The molecule has 1 heterocycles. The molecular formula is C14H13NO2S2. The highest BCUT2D eigenvalue weighted by Gasteiger charge is 2.31. The Bertz CT molecular complexity index is 593. The summed E-state index contributed by atoms with van der Waals surface area (Å²) in [6, 6.07) is 5.42. The zero-order valence-corrected chi connectivity index (χ0v) is 12.1. The second-order valence-electron chi connectivity index (χ2n) is 4.09. The lowest BCUT2D eigenvalue weighted by Gasteiger charge is -2.10. The topological polar surface area (TPSA) is 40.5 Å². The number of thiocarbonyl (C=S) groups is 1. The summed E-state index contributed by atoms with van der Waals surface area (Å²) < 4.78 is 0.517. The van der Waals surface area contributed by atoms with Crippen molar-refractivity contribution in [3.05, 3.63) is 46.9 Å². The fraction of sp³-hybridized carbons (Fsp3) is 0.143. The number of amides is 1. The van der Waals surface area contributed by atoms with E-state index in [1.165, 1.54) is 16.7 Å². The number of carbonyl (C=O) groups excluding carboxylic acids is 1. The molecule has 0 saturated carbocycles. The largest absolute Gasteiger partial charge is 0.507 e. The Kier molecular flexibility index (Phi) is 4.07. The van der Waals surface area contributed by atoms with Crippen molar-refractivity contribution >= 4 is 40.3 Å². The maximum absolute atomic E-state index is 12.1. The van der Waals surface area contributed by atoms with Crippen LogP contribution in [0.15, 0.2) is 35.8 Å². The SMILES string of the molecule is C=CCN1C(=O)C(=Cc2cccc(C)c2O)SC1=S. The van der Waals surface area contributed by atoms with E-state index in [0.29, 0.717) is 21.3 Å². The molecule has 5 heteroatoms. The van der Waals surface area contributed by atoms with Crippen molar-refractivity contribution in [2.45, 2.75) is 6.92 Å². The van der Waals surface area contributed by atoms with Crippen molar-refractivity contribution in [3.8, 4) is 5.75 Å². The summed E-state index contributed by atoms with van der Waals surface area (Å²) in [5.74, 6) is 0.0484. The number of phenols is 1. The molecule has 1 saturated heterocycles. The summed E-state index contributed by atoms with van der Waals surface area (Å²) in [7, 11) is 0. The summed E-state index contributed by atoms with van der Waals surface area (Å²) >= 11 is 6.39. The maximum atomic E-state index is 12.1. The van der Waals surface area contributed by atoms with Gasteiger partial charge >= 0.3 is 0 Å². The maximum Gasteiger partial charge on any atom is 0.266 e. The number of aromatic hydroxyl groups is 1. The van der Waals surface area contributed by atoms with E-state index in [1.54, 1.807) is 18.2 Å². The number of phenolic OH excluding ortho intramolecular Hbond substituents is 1. The van der Waals surface area contributed by atoms with Crippen molar-refractivity contribution in [1.82, 2.24) is 4.90 Å². The highest BCUT2D eigenvalue weighted by Crippen LogP contribution is 2.34. The lowest BCUT2D eigenvalue weighted by molar-refractivity contribution is -0.121. The first-order chi connectivity index (χ1) is 9.04. The molecule has 98 valence electrons. The molecule has 1 aliphatic heterocycles. The van der Waals surface area contributed by atoms with Crippen molar-refractivity contribution in [2.75, 3.05) is 6.54 Å². The standard InChI is InChI=1S/C14H13NO2S2/c1-3-7-15-13(17)11(19-14(15)18)8-10-6-4-5-9(2)12(10)16/h3-6,8,16H,1,7H2,2H3. The predicted octanol–water partition coefficient (Wildman–Crippen LogP) is 3.09. The minimum atomic E-state index is -0.143. The molecule has 1 amide bonds. The third-order valence-electron chi connectivity index (χ3n) is 2.74. The van der Waals surface area contributed by atoms with Gasteiger partial charge in [-0.3, -0.25) is 9.69 Å². The number of para-hydroxylation sites is 1. The predicted molar refractivity (Wildman–Crippen MR) is 82.9 cm³/mol. The quantitative estimate of drug-likeness (QED) is 0.528. The van der Waals surface area contributed by atoms with Crippen LogP contribution in [0.25, 0.3) is 6.08 Å². The number of thioether (sulfide) groups is 1. The average Bonchev–Trinajstić information content (AvgIpc) is 2.63. The van der Waals surface area contributed by atoms with Gasteiger partial charge in [-0.15, -0.1) is 6.58 Å². The van der Waals surface area contributed by atoms with Crippen molar-refractivity contribution in [1.29, 1.82) is 0 Å². The van der Waals surface area contributed by atoms with Crippen LogP contribution >= 0.6 is 24.0 Å². The summed E-state index contributed by atoms with van der Waals surface area (Å²) in [6.45, 7) is 5.83. The summed E-state index contributed by atoms with van der Waals surface area (Å²) in [6.07, 6.45) is 3.31. The zero-order valence-electron chi connectivity index (χ0n) is 10.4. The van der Waals surface area contributed by atoms with E-state index in [-0.39, 0.29) is 11.7 Å². The van der Waals surface area contributed by atoms with Crippen molar-refractivity contribution in [3.63, 3.8) is 0 Å². The van der Waals surface area contributed by atoms with Gasteiger partial charge in [-0.25, -0.2) is 0 Å². The van der Waals surface area contributed by atoms with Gasteiger partial charge in [0.05, 0.1) is 4.91 Å². The van der Waals surface area contributed by atoms with Crippen LogP contribution in [0.4, 0.5) is 0 Å². The molecule has 0 aromatic heterocycles. The second kappa shape index (κ2) is 5.59. The lowest BCUT2D eigenvalue weighted by atomic mass is 10.1. The van der Waals surface area contributed by atoms with Gasteiger partial charge in [-0.1, -0.05) is 48.3 Å². The van der Waals surface area contributed by atoms with Crippen LogP contribution in [0.2, 0.25) is 0 Å². The van der Waals surface area contributed by atoms with Crippen LogP contribution in [-0.2, 0) is 4.79 Å². The first kappa shape index (κ1) is 13.8. The number of hydrogen-bond acceptors (Lipinski definition) is 4. The monoisotopic (exact) mass is 291 g/mol. The molecule has 0 atom stereocenters. The normalized spacial score (nSPS) is 17.3. The fourth-order valence-electron chi connectivity index (χ4n) is 1.73. The Balaban J connectivity index is 2.35. The highest BCUT2D eigenvalue weighted by atomic mass is 32.2. The number of nitrogens with zero attached hydrogens (tertiary/aromatic N) is 1. The van der Waals surface area contributed by atoms with E-state index < -0.39 is 0 Å². The van der Waals surface area contributed by atoms with Crippen molar-refractivity contribution in [2.24, 2.45) is 0 Å². The van der Waals surface area contributed by atoms with Crippen LogP contribution in [-0.4, -0.2) is 26.8 Å². The Hall–Kier alpha value is -1.59. The molecule has 1 aromatic rings. The first-order valence-corrected chi connectivity index (χ1v) is 6.92. The van der Waals surface area contributed by atoms with E-state index in [9.17, 15) is 9.90 Å². The molecule has 0 bridgehead atoms. The molecule has 1 aromatic carbocycles. The Morgan fingerprint density at radius 3 is 2.95 bits per heavy atom. The van der Waals surface area contributed by atoms with Gasteiger partial charge in [0.1, 0.15) is 10.1 Å². The van der Waals surface area contributed by atoms with Gasteiger partial charge in [0, 0.05) is 12.1 Å². The number of rotatable bonds is 3. The summed E-state index contributed by atoms with van der Waals surface area (Å²) in [5.41, 5.74) is 1.40. The molecule has 2 rings (SSSR count). The molecule has 3 nitrogen and oxygen atoms in total. The van der Waals surface area contributed by atoms with Crippen LogP contribution in [0.5, 0.6) is 5.75 Å². The van der Waals surface area contributed by atoms with Crippen LogP contribution in [0.3, 0.4) is 0 Å². The van der Waals surface area contributed by atoms with E-state index in [0.717, 1.165) is 5.56 Å². The number of aryl methyl sites for hydroxylation is 1. The number of benzene rings is 1. The van der Waals surface area contributed by atoms with Gasteiger partial charge in [0.2, 0.25) is 0 Å². The Morgan fingerprint density at radius 1 is 1.53 bits per heavy atom. The average molecular weight is 291 g/mol. The van der Waals surface area contributed by atoms with Gasteiger partial charge in [-0.2, -0.15) is 0 Å². The van der Waals surface area contributed by atoms with E-state index in [1.807, 2.05) is 19.1 Å². The van der Waals surface area contributed by atoms with Gasteiger partial charge < -0.3 is 5.11 Å². The minimum Gasteiger partial charge on any atom is -0.507 e. The van der Waals surface area contributed by atoms with Crippen molar-refractivity contribution < 1.29 is 9.90 Å². The summed E-state index contributed by atoms with van der Waals surface area (Å²) in [5, 5.41) is 9.95. The molecule has 0 unspecified atom stereocenters. The third-order valence-corrected chi connectivity index (χ3v) is 4.12. The third kappa shape index (κ3) is 2.72. The van der Waals surface area contributed by atoms with E-state index in [2.05, 4.69) is 6.58 Å². The first-order valence-electron chi connectivity index (χ1n) is 5.69. The smallest absolute Gasteiger partial charge is 0.266 e. The molecule has 0 radical (unpaired) electrons. The molecule has 19 heavy (non-hydrogen) atoms. The molecular weight excluding hydrogens is 278 g/mol. The van der Waals surface area contributed by atoms with Gasteiger partial charge in [0.15, 0.2) is 0 Å². The molecule has 0 spiro atoms. The fourth-order valence-corrected chi connectivity index (χ4v) is 2.99. The minimum absolute atomic E-state index is 0.143. The molecule has 1 aliphatic rings.